The number of ether oxygens (including phenoxy) is 1. The lowest BCUT2D eigenvalue weighted by Crippen LogP contribution is -2.33. The number of hydrogen-bond donors (Lipinski definition) is 1. The standard InChI is InChI=1S/C16H23NO3S/c18-21(19)10-7-15(12-21)17-8-9-20-16-6-5-13-3-1-2-4-14(13)11-16/h5-6,11,15,17H,1-4,7-10,12H2. The summed E-state index contributed by atoms with van der Waals surface area (Å²) in [5.41, 5.74) is 2.89. The van der Waals surface area contributed by atoms with Crippen LogP contribution in [0.2, 0.25) is 0 Å². The molecular weight excluding hydrogens is 286 g/mol. The van der Waals surface area contributed by atoms with Crippen molar-refractivity contribution < 1.29 is 13.2 Å². The fourth-order valence-corrected chi connectivity index (χ4v) is 4.90. The first-order valence-corrected chi connectivity index (χ1v) is 9.63. The van der Waals surface area contributed by atoms with Crippen molar-refractivity contribution in [2.24, 2.45) is 0 Å². The molecule has 116 valence electrons. The Morgan fingerprint density at radius 1 is 1.19 bits per heavy atom. The van der Waals surface area contributed by atoms with Gasteiger partial charge >= 0.3 is 0 Å². The van der Waals surface area contributed by atoms with Crippen LogP contribution in [-0.2, 0) is 22.7 Å². The molecule has 0 saturated carbocycles. The van der Waals surface area contributed by atoms with Gasteiger partial charge in [0.15, 0.2) is 9.84 Å². The molecule has 4 nitrogen and oxygen atoms in total. The zero-order valence-electron chi connectivity index (χ0n) is 12.3. The Bertz CT molecular complexity index is 598. The summed E-state index contributed by atoms with van der Waals surface area (Å²) in [5.74, 6) is 1.51. The van der Waals surface area contributed by atoms with Gasteiger partial charge in [-0.2, -0.15) is 0 Å². The van der Waals surface area contributed by atoms with Crippen LogP contribution in [0.3, 0.4) is 0 Å². The lowest BCUT2D eigenvalue weighted by Gasteiger charge is -2.17. The van der Waals surface area contributed by atoms with Crippen molar-refractivity contribution in [1.29, 1.82) is 0 Å². The van der Waals surface area contributed by atoms with Crippen molar-refractivity contribution in [3.8, 4) is 5.75 Å². The van der Waals surface area contributed by atoms with Crippen LogP contribution in [0.4, 0.5) is 0 Å². The largest absolute Gasteiger partial charge is 0.492 e. The van der Waals surface area contributed by atoms with Crippen molar-refractivity contribution in [3.63, 3.8) is 0 Å². The van der Waals surface area contributed by atoms with Crippen molar-refractivity contribution in [1.82, 2.24) is 5.32 Å². The van der Waals surface area contributed by atoms with Gasteiger partial charge in [-0.25, -0.2) is 8.42 Å². The Morgan fingerprint density at radius 2 is 2.00 bits per heavy atom. The molecule has 0 radical (unpaired) electrons. The zero-order chi connectivity index (χ0) is 14.7. The smallest absolute Gasteiger partial charge is 0.151 e. The summed E-state index contributed by atoms with van der Waals surface area (Å²) in [7, 11) is -2.80. The van der Waals surface area contributed by atoms with Gasteiger partial charge in [-0.3, -0.25) is 0 Å². The maximum atomic E-state index is 11.4. The summed E-state index contributed by atoms with van der Waals surface area (Å²) in [6, 6.07) is 6.49. The third-order valence-electron chi connectivity index (χ3n) is 4.36. The molecule has 0 amide bonds. The van der Waals surface area contributed by atoms with Gasteiger partial charge in [0.05, 0.1) is 11.5 Å². The topological polar surface area (TPSA) is 55.4 Å². The maximum Gasteiger partial charge on any atom is 0.151 e. The van der Waals surface area contributed by atoms with Gasteiger partial charge in [0.2, 0.25) is 0 Å². The van der Waals surface area contributed by atoms with Crippen LogP contribution in [-0.4, -0.2) is 39.1 Å². The summed E-state index contributed by atoms with van der Waals surface area (Å²) < 4.78 is 28.5. The van der Waals surface area contributed by atoms with Crippen LogP contribution in [0.25, 0.3) is 0 Å². The van der Waals surface area contributed by atoms with E-state index in [1.165, 1.54) is 30.4 Å². The highest BCUT2D eigenvalue weighted by molar-refractivity contribution is 7.91. The molecule has 5 heteroatoms. The second-order valence-corrected chi connectivity index (χ2v) is 8.27. The van der Waals surface area contributed by atoms with E-state index in [0.29, 0.717) is 18.9 Å². The fourth-order valence-electron chi connectivity index (χ4n) is 3.19. The molecule has 1 atom stereocenters. The molecule has 3 rings (SSSR count). The third kappa shape index (κ3) is 3.98. The molecule has 2 aliphatic rings. The quantitative estimate of drug-likeness (QED) is 0.842. The molecule has 0 spiro atoms. The van der Waals surface area contributed by atoms with Gasteiger partial charge in [-0.1, -0.05) is 6.07 Å². The van der Waals surface area contributed by atoms with Gasteiger partial charge in [0, 0.05) is 12.6 Å². The molecule has 1 aromatic carbocycles. The van der Waals surface area contributed by atoms with Crippen LogP contribution >= 0.6 is 0 Å². The highest BCUT2D eigenvalue weighted by Crippen LogP contribution is 2.25. The first-order valence-electron chi connectivity index (χ1n) is 7.81. The Kier molecular flexibility index (Phi) is 4.50. The minimum absolute atomic E-state index is 0.0992. The molecular formula is C16H23NO3S. The zero-order valence-corrected chi connectivity index (χ0v) is 13.1. The summed E-state index contributed by atoms with van der Waals surface area (Å²) in [6.07, 6.45) is 5.63. The molecule has 1 unspecified atom stereocenters. The Labute approximate surface area is 126 Å². The summed E-state index contributed by atoms with van der Waals surface area (Å²) in [4.78, 5) is 0. The van der Waals surface area contributed by atoms with E-state index in [1.54, 1.807) is 0 Å². The lowest BCUT2D eigenvalue weighted by molar-refractivity contribution is 0.307. The van der Waals surface area contributed by atoms with Crippen LogP contribution in [0.5, 0.6) is 5.75 Å². The van der Waals surface area contributed by atoms with Crippen molar-refractivity contribution in [3.05, 3.63) is 29.3 Å². The maximum absolute atomic E-state index is 11.4. The van der Waals surface area contributed by atoms with Gasteiger partial charge < -0.3 is 10.1 Å². The molecule has 1 heterocycles. The van der Waals surface area contributed by atoms with Crippen molar-refractivity contribution in [2.75, 3.05) is 24.7 Å². The van der Waals surface area contributed by atoms with E-state index in [0.717, 1.165) is 18.6 Å². The Balaban J connectivity index is 1.43. The molecule has 21 heavy (non-hydrogen) atoms. The third-order valence-corrected chi connectivity index (χ3v) is 6.12. The van der Waals surface area contributed by atoms with Crippen molar-refractivity contribution >= 4 is 9.84 Å². The number of benzene rings is 1. The predicted octanol–water partition coefficient (Wildman–Crippen LogP) is 1.72. The van der Waals surface area contributed by atoms with E-state index >= 15 is 0 Å². The molecule has 1 aromatic rings. The average molecular weight is 309 g/mol. The summed E-state index contributed by atoms with van der Waals surface area (Å²) >= 11 is 0. The van der Waals surface area contributed by atoms with E-state index < -0.39 is 9.84 Å². The first-order chi connectivity index (χ1) is 10.1. The van der Waals surface area contributed by atoms with Gasteiger partial charge in [-0.05, 0) is 55.4 Å². The van der Waals surface area contributed by atoms with Gasteiger partial charge in [-0.15, -0.1) is 0 Å². The van der Waals surface area contributed by atoms with E-state index in [1.807, 2.05) is 6.07 Å². The van der Waals surface area contributed by atoms with E-state index in [4.69, 9.17) is 4.74 Å². The van der Waals surface area contributed by atoms with E-state index in [-0.39, 0.29) is 11.8 Å². The van der Waals surface area contributed by atoms with E-state index in [2.05, 4.69) is 17.4 Å². The Morgan fingerprint density at radius 3 is 2.76 bits per heavy atom. The van der Waals surface area contributed by atoms with Crippen LogP contribution in [0, 0.1) is 0 Å². The molecule has 0 bridgehead atoms. The Hall–Kier alpha value is -1.07. The molecule has 1 aliphatic heterocycles. The number of sulfone groups is 1. The number of aryl methyl sites for hydroxylation is 2. The minimum Gasteiger partial charge on any atom is -0.492 e. The summed E-state index contributed by atoms with van der Waals surface area (Å²) in [5, 5.41) is 3.27. The van der Waals surface area contributed by atoms with Gasteiger partial charge in [0.25, 0.3) is 0 Å². The summed E-state index contributed by atoms with van der Waals surface area (Å²) in [6.45, 7) is 1.27. The highest BCUT2D eigenvalue weighted by Gasteiger charge is 2.27. The predicted molar refractivity (Wildman–Crippen MR) is 83.6 cm³/mol. The molecule has 1 N–H and O–H groups in total. The normalized spacial score (nSPS) is 23.7. The van der Waals surface area contributed by atoms with Crippen LogP contribution in [0.15, 0.2) is 18.2 Å². The number of fused-ring (bicyclic) bond motifs is 1. The molecule has 1 fully saturated rings. The molecule has 1 aliphatic carbocycles. The number of nitrogens with one attached hydrogen (secondary N) is 1. The fraction of sp³-hybridized carbons (Fsp3) is 0.625. The van der Waals surface area contributed by atoms with E-state index in [9.17, 15) is 8.42 Å². The number of rotatable bonds is 5. The lowest BCUT2D eigenvalue weighted by atomic mass is 9.92. The number of hydrogen-bond acceptors (Lipinski definition) is 4. The average Bonchev–Trinajstić information content (AvgIpc) is 2.83. The monoisotopic (exact) mass is 309 g/mol. The molecule has 1 saturated heterocycles. The second kappa shape index (κ2) is 6.36. The van der Waals surface area contributed by atoms with Crippen LogP contribution < -0.4 is 10.1 Å². The van der Waals surface area contributed by atoms with Crippen molar-refractivity contribution in [2.45, 2.75) is 38.1 Å². The van der Waals surface area contributed by atoms with Crippen LogP contribution in [0.1, 0.15) is 30.4 Å². The SMILES string of the molecule is O=S1(=O)CCC(NCCOc2ccc3c(c2)CCCC3)C1. The highest BCUT2D eigenvalue weighted by atomic mass is 32.2. The van der Waals surface area contributed by atoms with Gasteiger partial charge in [0.1, 0.15) is 12.4 Å². The second-order valence-electron chi connectivity index (χ2n) is 6.04. The molecule has 0 aromatic heterocycles. The minimum atomic E-state index is -2.80. The first kappa shape index (κ1) is 14.9.